The van der Waals surface area contributed by atoms with E-state index in [-0.39, 0.29) is 11.9 Å². The van der Waals surface area contributed by atoms with Crippen molar-refractivity contribution < 1.29 is 13.9 Å². The molecule has 1 aromatic heterocycles. The number of carbonyl (C=O) groups is 1. The Balaban J connectivity index is 1.65. The van der Waals surface area contributed by atoms with Crippen molar-refractivity contribution in [3.05, 3.63) is 95.7 Å². The molecule has 1 fully saturated rings. The molecule has 1 aliphatic rings. The zero-order chi connectivity index (χ0) is 23.5. The molecule has 1 aliphatic heterocycles. The molecule has 174 valence electrons. The average molecular weight is 455 g/mol. The minimum absolute atomic E-state index is 0.153. The van der Waals surface area contributed by atoms with Crippen molar-refractivity contribution in [2.75, 3.05) is 25.5 Å². The maximum atomic E-state index is 13.2. The van der Waals surface area contributed by atoms with Gasteiger partial charge >= 0.3 is 0 Å². The number of amides is 1. The second-order valence-electron chi connectivity index (χ2n) is 9.02. The first-order chi connectivity index (χ1) is 16.7. The molecule has 5 heteroatoms. The molecule has 0 bridgehead atoms. The van der Waals surface area contributed by atoms with E-state index in [1.807, 2.05) is 72.8 Å². The lowest BCUT2D eigenvalue weighted by Crippen LogP contribution is -2.37. The normalized spacial score (nSPS) is 15.8. The summed E-state index contributed by atoms with van der Waals surface area (Å²) in [4.78, 5) is 15.7. The van der Waals surface area contributed by atoms with Crippen LogP contribution in [-0.2, 0) is 0 Å². The van der Waals surface area contributed by atoms with Crippen LogP contribution >= 0.6 is 0 Å². The largest absolute Gasteiger partial charge is 0.496 e. The number of nitrogens with one attached hydrogen (secondary N) is 1. The topological polar surface area (TPSA) is 54.7 Å². The van der Waals surface area contributed by atoms with E-state index in [4.69, 9.17) is 9.15 Å². The molecule has 1 N–H and O–H groups in total. The number of para-hydroxylation sites is 2. The smallest absolute Gasteiger partial charge is 0.255 e. The molecular weight excluding hydrogens is 424 g/mol. The maximum Gasteiger partial charge on any atom is 0.255 e. The van der Waals surface area contributed by atoms with Gasteiger partial charge in [0.25, 0.3) is 5.91 Å². The number of benzene rings is 3. The van der Waals surface area contributed by atoms with E-state index in [9.17, 15) is 4.79 Å². The van der Waals surface area contributed by atoms with E-state index in [1.54, 1.807) is 7.11 Å². The van der Waals surface area contributed by atoms with Crippen molar-refractivity contribution in [2.24, 2.45) is 5.92 Å². The summed E-state index contributed by atoms with van der Waals surface area (Å²) in [5, 5.41) is 4.08. The van der Waals surface area contributed by atoms with Crippen LogP contribution in [0.1, 0.15) is 47.5 Å². The van der Waals surface area contributed by atoms with Gasteiger partial charge in [-0.3, -0.25) is 9.69 Å². The first kappa shape index (κ1) is 22.2. The van der Waals surface area contributed by atoms with Gasteiger partial charge in [0.05, 0.1) is 18.8 Å². The summed E-state index contributed by atoms with van der Waals surface area (Å²) in [7, 11) is 1.70. The van der Waals surface area contributed by atoms with Gasteiger partial charge in [-0.2, -0.15) is 0 Å². The van der Waals surface area contributed by atoms with Crippen molar-refractivity contribution >= 4 is 22.6 Å². The lowest BCUT2D eigenvalue weighted by molar-refractivity contribution is 0.102. The number of methoxy groups -OCH3 is 1. The molecule has 0 unspecified atom stereocenters. The number of ether oxygens (including phenoxy) is 1. The molecule has 0 saturated carbocycles. The van der Waals surface area contributed by atoms with E-state index in [2.05, 4.69) is 23.2 Å². The van der Waals surface area contributed by atoms with Crippen molar-refractivity contribution in [1.82, 2.24) is 4.90 Å². The Morgan fingerprint density at radius 3 is 2.41 bits per heavy atom. The number of anilines is 1. The fraction of sp³-hybridized carbons (Fsp3) is 0.276. The zero-order valence-corrected chi connectivity index (χ0v) is 19.7. The molecule has 5 rings (SSSR count). The predicted molar refractivity (Wildman–Crippen MR) is 135 cm³/mol. The van der Waals surface area contributed by atoms with Crippen LogP contribution in [0.4, 0.5) is 5.69 Å². The monoisotopic (exact) mass is 454 g/mol. The molecular formula is C29H30N2O3. The highest BCUT2D eigenvalue weighted by Crippen LogP contribution is 2.44. The van der Waals surface area contributed by atoms with Gasteiger partial charge in [-0.15, -0.1) is 0 Å². The van der Waals surface area contributed by atoms with Gasteiger partial charge in [0, 0.05) is 16.5 Å². The molecule has 0 radical (unpaired) electrons. The van der Waals surface area contributed by atoms with Crippen LogP contribution in [0, 0.1) is 5.92 Å². The summed E-state index contributed by atoms with van der Waals surface area (Å²) in [6.45, 7) is 4.21. The number of hydrogen-bond donors (Lipinski definition) is 1. The van der Waals surface area contributed by atoms with Gasteiger partial charge in [-0.05, 0) is 62.2 Å². The first-order valence-corrected chi connectivity index (χ1v) is 11.9. The Morgan fingerprint density at radius 2 is 1.65 bits per heavy atom. The molecule has 2 heterocycles. The number of nitrogens with zero attached hydrogens (tertiary/aromatic N) is 1. The van der Waals surface area contributed by atoms with E-state index >= 15 is 0 Å². The van der Waals surface area contributed by atoms with Crippen LogP contribution in [0.15, 0.2) is 83.3 Å². The Labute approximate surface area is 200 Å². The highest BCUT2D eigenvalue weighted by atomic mass is 16.5. The van der Waals surface area contributed by atoms with Crippen molar-refractivity contribution in [1.29, 1.82) is 0 Å². The number of piperidine rings is 1. The molecule has 1 saturated heterocycles. The standard InChI is InChI=1S/C29H30N2O3/c1-20-16-18-31(19-17-20)27(23-13-7-8-14-24(23)33-2)28-26(22-12-6-9-15-25(22)34-28)30-29(32)21-10-4-3-5-11-21/h3-15,20,27H,16-19H2,1-2H3,(H,30,32)/t27-/m0/s1. The molecule has 1 atom stereocenters. The van der Waals surface area contributed by atoms with Gasteiger partial charge < -0.3 is 14.5 Å². The molecule has 0 spiro atoms. The van der Waals surface area contributed by atoms with Crippen molar-refractivity contribution in [2.45, 2.75) is 25.8 Å². The van der Waals surface area contributed by atoms with Crippen molar-refractivity contribution in [3.8, 4) is 5.75 Å². The fourth-order valence-corrected chi connectivity index (χ4v) is 4.84. The number of hydrogen-bond acceptors (Lipinski definition) is 4. The summed E-state index contributed by atoms with van der Waals surface area (Å²) >= 11 is 0. The summed E-state index contributed by atoms with van der Waals surface area (Å²) < 4.78 is 12.3. The third kappa shape index (κ3) is 4.31. The lowest BCUT2D eigenvalue weighted by Gasteiger charge is -2.36. The van der Waals surface area contributed by atoms with Gasteiger partial charge in [-0.1, -0.05) is 55.5 Å². The summed E-state index contributed by atoms with van der Waals surface area (Å²) in [6.07, 6.45) is 2.25. The number of furan rings is 1. The van der Waals surface area contributed by atoms with Crippen LogP contribution < -0.4 is 10.1 Å². The highest BCUT2D eigenvalue weighted by molar-refractivity contribution is 6.09. The summed E-state index contributed by atoms with van der Waals surface area (Å²) in [5.74, 6) is 2.10. The van der Waals surface area contributed by atoms with Gasteiger partial charge in [0.1, 0.15) is 11.3 Å². The maximum absolute atomic E-state index is 13.2. The molecule has 4 aromatic rings. The van der Waals surface area contributed by atoms with Crippen LogP contribution in [-0.4, -0.2) is 31.0 Å². The first-order valence-electron chi connectivity index (χ1n) is 11.9. The number of likely N-dealkylation sites (tertiary alicyclic amines) is 1. The van der Waals surface area contributed by atoms with Crippen LogP contribution in [0.3, 0.4) is 0 Å². The van der Waals surface area contributed by atoms with E-state index in [0.29, 0.717) is 11.5 Å². The quantitative estimate of drug-likeness (QED) is 0.361. The molecule has 3 aromatic carbocycles. The number of carbonyl (C=O) groups excluding carboxylic acids is 1. The van der Waals surface area contributed by atoms with E-state index in [1.165, 1.54) is 0 Å². The molecule has 1 amide bonds. The Hall–Kier alpha value is -3.57. The molecule has 0 aliphatic carbocycles. The Morgan fingerprint density at radius 1 is 0.971 bits per heavy atom. The number of fused-ring (bicyclic) bond motifs is 1. The average Bonchev–Trinajstić information content (AvgIpc) is 3.24. The highest BCUT2D eigenvalue weighted by Gasteiger charge is 2.34. The minimum atomic E-state index is -0.179. The van der Waals surface area contributed by atoms with E-state index < -0.39 is 0 Å². The Bertz CT molecular complexity index is 1270. The summed E-state index contributed by atoms with van der Waals surface area (Å²) in [6, 6.07) is 25.1. The third-order valence-corrected chi connectivity index (χ3v) is 6.76. The SMILES string of the molecule is COc1ccccc1[C@@H](c1oc2ccccc2c1NC(=O)c1ccccc1)N1CCC(C)CC1. The van der Waals surface area contributed by atoms with Crippen LogP contribution in [0.25, 0.3) is 11.0 Å². The lowest BCUT2D eigenvalue weighted by atomic mass is 9.93. The number of rotatable bonds is 6. The third-order valence-electron chi connectivity index (χ3n) is 6.76. The summed E-state index contributed by atoms with van der Waals surface area (Å²) in [5.41, 5.74) is 3.12. The molecule has 5 nitrogen and oxygen atoms in total. The van der Waals surface area contributed by atoms with Crippen LogP contribution in [0.5, 0.6) is 5.75 Å². The fourth-order valence-electron chi connectivity index (χ4n) is 4.84. The van der Waals surface area contributed by atoms with E-state index in [0.717, 1.165) is 59.7 Å². The van der Waals surface area contributed by atoms with Gasteiger partial charge in [-0.25, -0.2) is 0 Å². The molecule has 34 heavy (non-hydrogen) atoms. The predicted octanol–water partition coefficient (Wildman–Crippen LogP) is 6.52. The van der Waals surface area contributed by atoms with Crippen LogP contribution in [0.2, 0.25) is 0 Å². The van der Waals surface area contributed by atoms with Gasteiger partial charge in [0.15, 0.2) is 5.76 Å². The van der Waals surface area contributed by atoms with Crippen molar-refractivity contribution in [3.63, 3.8) is 0 Å². The minimum Gasteiger partial charge on any atom is -0.496 e. The Kier molecular flexibility index (Phi) is 6.37. The van der Waals surface area contributed by atoms with Gasteiger partial charge in [0.2, 0.25) is 0 Å². The second kappa shape index (κ2) is 9.74. The zero-order valence-electron chi connectivity index (χ0n) is 19.7. The second-order valence-corrected chi connectivity index (χ2v) is 9.02.